The monoisotopic (exact) mass is 242 g/mol. The molecule has 5 nitrogen and oxygen atoms in total. The van der Waals surface area contributed by atoms with E-state index >= 15 is 0 Å². The first-order valence-electron chi connectivity index (χ1n) is 5.33. The van der Waals surface area contributed by atoms with Crippen LogP contribution in [0, 0.1) is 0 Å². The quantitative estimate of drug-likeness (QED) is 0.770. The minimum atomic E-state index is -0.264. The highest BCUT2D eigenvalue weighted by molar-refractivity contribution is 7.15. The maximum atomic E-state index is 9.89. The van der Waals surface area contributed by atoms with Crippen LogP contribution in [0.15, 0.2) is 6.20 Å². The zero-order valence-electron chi connectivity index (χ0n) is 9.63. The summed E-state index contributed by atoms with van der Waals surface area (Å²) in [6.45, 7) is 2.45. The summed E-state index contributed by atoms with van der Waals surface area (Å²) in [4.78, 5) is 9.50. The molecule has 1 aliphatic rings. The zero-order valence-corrected chi connectivity index (χ0v) is 10.4. The number of anilines is 1. The van der Waals surface area contributed by atoms with Crippen LogP contribution < -0.4 is 5.73 Å². The molecule has 3 N–H and O–H groups in total. The van der Waals surface area contributed by atoms with Gasteiger partial charge in [0.15, 0.2) is 5.13 Å². The van der Waals surface area contributed by atoms with Gasteiger partial charge < -0.3 is 15.7 Å². The summed E-state index contributed by atoms with van der Waals surface area (Å²) in [6.07, 6.45) is 1.55. The molecule has 0 aromatic carbocycles. The van der Waals surface area contributed by atoms with Crippen LogP contribution in [0.4, 0.5) is 5.13 Å². The minimum absolute atomic E-state index is 0.227. The van der Waals surface area contributed by atoms with E-state index in [9.17, 15) is 5.11 Å². The molecule has 0 saturated carbocycles. The molecule has 0 bridgehead atoms. The van der Waals surface area contributed by atoms with Crippen molar-refractivity contribution < 1.29 is 5.11 Å². The highest BCUT2D eigenvalue weighted by atomic mass is 32.1. The molecule has 6 heteroatoms. The lowest BCUT2D eigenvalue weighted by molar-refractivity contribution is 0.112. The number of nitrogens with two attached hydrogens (primary N) is 1. The van der Waals surface area contributed by atoms with E-state index in [4.69, 9.17) is 5.73 Å². The summed E-state index contributed by atoms with van der Waals surface area (Å²) in [5.74, 6) is 0. The summed E-state index contributed by atoms with van der Waals surface area (Å²) in [7, 11) is 4.00. The van der Waals surface area contributed by atoms with Gasteiger partial charge in [-0.2, -0.15) is 0 Å². The lowest BCUT2D eigenvalue weighted by Crippen LogP contribution is -2.37. The number of nitrogens with zero attached hydrogens (tertiary/aromatic N) is 3. The molecule has 0 aliphatic carbocycles. The van der Waals surface area contributed by atoms with Crippen molar-refractivity contribution in [2.75, 3.05) is 32.9 Å². The van der Waals surface area contributed by atoms with Crippen molar-refractivity contribution in [2.24, 2.45) is 0 Å². The average molecular weight is 242 g/mol. The fourth-order valence-corrected chi connectivity index (χ4v) is 2.83. The molecule has 1 aromatic heterocycles. The van der Waals surface area contributed by atoms with Crippen LogP contribution >= 0.6 is 11.3 Å². The van der Waals surface area contributed by atoms with Gasteiger partial charge in [0, 0.05) is 36.8 Å². The maximum Gasteiger partial charge on any atom is 0.180 e. The van der Waals surface area contributed by atoms with E-state index in [1.807, 2.05) is 20.3 Å². The van der Waals surface area contributed by atoms with Gasteiger partial charge in [-0.25, -0.2) is 4.98 Å². The highest BCUT2D eigenvalue weighted by Crippen LogP contribution is 2.21. The average Bonchev–Trinajstić information content (AvgIpc) is 2.73. The molecule has 1 aromatic rings. The second kappa shape index (κ2) is 4.67. The van der Waals surface area contributed by atoms with E-state index in [0.717, 1.165) is 24.5 Å². The van der Waals surface area contributed by atoms with Crippen molar-refractivity contribution in [2.45, 2.75) is 18.7 Å². The first kappa shape index (κ1) is 11.8. The number of nitrogen functional groups attached to an aromatic ring is 1. The molecule has 90 valence electrons. The van der Waals surface area contributed by atoms with Gasteiger partial charge in [-0.05, 0) is 14.1 Å². The number of likely N-dealkylation sites (tertiary alicyclic amines) is 1. The zero-order chi connectivity index (χ0) is 11.7. The number of rotatable bonds is 3. The molecule has 1 saturated heterocycles. The number of hydrogen-bond acceptors (Lipinski definition) is 6. The van der Waals surface area contributed by atoms with Gasteiger partial charge in [-0.1, -0.05) is 0 Å². The van der Waals surface area contributed by atoms with Crippen LogP contribution in [0.3, 0.4) is 0 Å². The van der Waals surface area contributed by atoms with E-state index in [1.165, 1.54) is 11.3 Å². The molecule has 0 unspecified atom stereocenters. The van der Waals surface area contributed by atoms with Crippen molar-refractivity contribution in [1.29, 1.82) is 0 Å². The van der Waals surface area contributed by atoms with E-state index in [1.54, 1.807) is 0 Å². The number of thiazole rings is 1. The molecular weight excluding hydrogens is 224 g/mol. The molecule has 2 atom stereocenters. The molecule has 16 heavy (non-hydrogen) atoms. The van der Waals surface area contributed by atoms with Crippen molar-refractivity contribution in [3.05, 3.63) is 11.1 Å². The first-order chi connectivity index (χ1) is 7.56. The van der Waals surface area contributed by atoms with E-state index < -0.39 is 0 Å². The standard InChI is InChI=1S/C10H18N4OS/c1-13(2)8-5-14(6-9(8)15)4-7-3-12-10(11)16-7/h3,8-9,15H,4-6H2,1-2H3,(H2,11,12)/t8-,9-/m0/s1. The number of aliphatic hydroxyl groups excluding tert-OH is 1. The van der Waals surface area contributed by atoms with Gasteiger partial charge in [0.1, 0.15) is 0 Å². The topological polar surface area (TPSA) is 65.6 Å². The van der Waals surface area contributed by atoms with Crippen molar-refractivity contribution in [3.8, 4) is 0 Å². The Morgan fingerprint density at radius 3 is 2.88 bits per heavy atom. The molecule has 2 heterocycles. The predicted octanol–water partition coefficient (Wildman–Crippen LogP) is -0.168. The Labute approximate surface area is 99.5 Å². The summed E-state index contributed by atoms with van der Waals surface area (Å²) < 4.78 is 0. The SMILES string of the molecule is CN(C)[C@H]1CN(Cc2cnc(N)s2)C[C@@H]1O. The second-order valence-corrected chi connectivity index (χ2v) is 5.60. The van der Waals surface area contributed by atoms with Crippen LogP contribution in [-0.4, -0.2) is 59.2 Å². The van der Waals surface area contributed by atoms with Gasteiger partial charge >= 0.3 is 0 Å². The van der Waals surface area contributed by atoms with Crippen LogP contribution in [0.2, 0.25) is 0 Å². The molecule has 0 spiro atoms. The van der Waals surface area contributed by atoms with Gasteiger partial charge in [0.05, 0.1) is 6.10 Å². The minimum Gasteiger partial charge on any atom is -0.390 e. The lowest BCUT2D eigenvalue weighted by atomic mass is 10.2. The van der Waals surface area contributed by atoms with Gasteiger partial charge in [0.2, 0.25) is 0 Å². The van der Waals surface area contributed by atoms with Crippen LogP contribution in [0.1, 0.15) is 4.88 Å². The lowest BCUT2D eigenvalue weighted by Gasteiger charge is -2.21. The number of aliphatic hydroxyl groups is 1. The largest absolute Gasteiger partial charge is 0.390 e. The Morgan fingerprint density at radius 2 is 2.38 bits per heavy atom. The Morgan fingerprint density at radius 1 is 1.62 bits per heavy atom. The van der Waals surface area contributed by atoms with Crippen molar-refractivity contribution in [1.82, 2.24) is 14.8 Å². The fourth-order valence-electron chi connectivity index (χ4n) is 2.10. The van der Waals surface area contributed by atoms with Gasteiger partial charge in [-0.3, -0.25) is 4.90 Å². The van der Waals surface area contributed by atoms with E-state index in [0.29, 0.717) is 5.13 Å². The molecule has 2 rings (SSSR count). The third kappa shape index (κ3) is 2.52. The number of likely N-dealkylation sites (N-methyl/N-ethyl adjacent to an activating group) is 1. The number of aromatic nitrogens is 1. The third-order valence-corrected chi connectivity index (χ3v) is 3.76. The van der Waals surface area contributed by atoms with Gasteiger partial charge in [0.25, 0.3) is 0 Å². The Bertz CT molecular complexity index is 354. The predicted molar refractivity (Wildman–Crippen MR) is 65.3 cm³/mol. The number of hydrogen-bond donors (Lipinski definition) is 2. The Kier molecular flexibility index (Phi) is 3.44. The summed E-state index contributed by atoms with van der Waals surface area (Å²) in [5, 5.41) is 10.5. The Balaban J connectivity index is 1.93. The summed E-state index contributed by atoms with van der Waals surface area (Å²) in [6, 6.07) is 0.227. The van der Waals surface area contributed by atoms with Crippen LogP contribution in [0.25, 0.3) is 0 Å². The normalized spacial score (nSPS) is 26.8. The Hall–Kier alpha value is -0.690. The third-order valence-electron chi connectivity index (χ3n) is 2.95. The smallest absolute Gasteiger partial charge is 0.180 e. The second-order valence-electron chi connectivity index (χ2n) is 4.46. The van der Waals surface area contributed by atoms with E-state index in [2.05, 4.69) is 14.8 Å². The molecule has 1 aliphatic heterocycles. The maximum absolute atomic E-state index is 9.89. The van der Waals surface area contributed by atoms with Crippen molar-refractivity contribution >= 4 is 16.5 Å². The summed E-state index contributed by atoms with van der Waals surface area (Å²) >= 11 is 1.52. The molecule has 0 amide bonds. The van der Waals surface area contributed by atoms with Crippen molar-refractivity contribution in [3.63, 3.8) is 0 Å². The number of β-amino-alcohol motifs (C(OH)–C–C–N with tert-alkyl or cyclic N) is 1. The van der Waals surface area contributed by atoms with Gasteiger partial charge in [-0.15, -0.1) is 11.3 Å². The first-order valence-corrected chi connectivity index (χ1v) is 6.15. The van der Waals surface area contributed by atoms with E-state index in [-0.39, 0.29) is 12.1 Å². The highest BCUT2D eigenvalue weighted by Gasteiger charge is 2.32. The molecule has 0 radical (unpaired) electrons. The summed E-state index contributed by atoms with van der Waals surface area (Å²) in [5.41, 5.74) is 5.59. The molecule has 1 fully saturated rings. The van der Waals surface area contributed by atoms with Crippen LogP contribution in [-0.2, 0) is 6.54 Å². The molecular formula is C10H18N4OS. The van der Waals surface area contributed by atoms with Crippen LogP contribution in [0.5, 0.6) is 0 Å². The fraction of sp³-hybridized carbons (Fsp3) is 0.700.